The van der Waals surface area contributed by atoms with Gasteiger partial charge in [-0.3, -0.25) is 19.4 Å². The van der Waals surface area contributed by atoms with Gasteiger partial charge in [0.1, 0.15) is 23.7 Å². The summed E-state index contributed by atoms with van der Waals surface area (Å²) < 4.78 is 0. The fraction of sp³-hybridized carbons (Fsp3) is 0.367. The van der Waals surface area contributed by atoms with Gasteiger partial charge in [0, 0.05) is 12.1 Å². The molecule has 0 unspecified atom stereocenters. The van der Waals surface area contributed by atoms with Crippen LogP contribution in [0.25, 0.3) is 55.1 Å². The largest absolute Gasteiger partial charge is 0.340 e. The molecule has 10 atom stereocenters. The van der Waals surface area contributed by atoms with Crippen LogP contribution >= 0.6 is 0 Å². The minimum Gasteiger partial charge on any atom is -0.340 e. The molecule has 2 saturated heterocycles. The van der Waals surface area contributed by atoms with Gasteiger partial charge in [0.2, 0.25) is 11.8 Å². The normalized spacial score (nSPS) is 24.5. The van der Waals surface area contributed by atoms with E-state index in [0.717, 1.165) is 106 Å². The molecule has 2 amide bonds. The first kappa shape index (κ1) is 44.6. The molecule has 4 fully saturated rings. The average molecular weight is 929 g/mol. The summed E-state index contributed by atoms with van der Waals surface area (Å²) in [6.07, 6.45) is 1.87. The Labute approximate surface area is 411 Å². The standard InChI is InChI=1S/C60H64N8O2/c1-7-65(8-2)55(37-17-13-11-14-18-37)59(69)67-51(33-45-35(5)53(45)67)57-61-47-27-25-43(31-49(47)63-57)41-23-21-40-30-42(24-22-39(40)29-41)44-26-28-48-50(32-44)64-58(62-48)52-34-46-36(6)54(46)68(52)60(70)56(66(9-3)10-4)38-19-15-12-16-20-38/h11-32,35-36,45-46,51-56H,7-10,33-34H2,1-6H3,(H,61,63)(H,62,64)/t35-,36-,45+,46+,51+,52+,53-,54-,55-,56-/m1/s1. The number of carbonyl (C=O) groups excluding carboxylic acids is 2. The summed E-state index contributed by atoms with van der Waals surface area (Å²) in [6.45, 7) is 16.4. The van der Waals surface area contributed by atoms with Gasteiger partial charge in [-0.05, 0) is 143 Å². The topological polar surface area (TPSA) is 104 Å². The number of imidazole rings is 2. The maximum Gasteiger partial charge on any atom is 0.245 e. The molecule has 8 aromatic rings. The first-order valence-corrected chi connectivity index (χ1v) is 25.9. The van der Waals surface area contributed by atoms with Crippen LogP contribution in [-0.4, -0.2) is 89.6 Å². The summed E-state index contributed by atoms with van der Waals surface area (Å²) in [7, 11) is 0. The highest BCUT2D eigenvalue weighted by Gasteiger charge is 2.63. The number of hydrogen-bond acceptors (Lipinski definition) is 6. The molecule has 2 aliphatic carbocycles. The predicted octanol–water partition coefficient (Wildman–Crippen LogP) is 11.9. The average Bonchev–Trinajstić information content (AvgIpc) is 3.82. The quantitative estimate of drug-likeness (QED) is 0.113. The fourth-order valence-corrected chi connectivity index (χ4v) is 13.0. The third-order valence-corrected chi connectivity index (χ3v) is 17.0. The zero-order valence-electron chi connectivity index (χ0n) is 41.2. The lowest BCUT2D eigenvalue weighted by Gasteiger charge is -2.36. The SMILES string of the molecule is CCN(CC)[C@@H](C(=O)N1[C@@H]2[C@H](C)[C@@H]2C[C@H]1c1nc2ccc(-c3ccc4cc(-c5ccc6nc([C@@H]7C[C@H]8[C@@H](C)[C@H]8N7C(=O)[C@@H](c7ccccc7)N(CC)CC)[nH]c6c5)ccc4c3)cc2[nH]1)c1ccccc1. The number of carbonyl (C=O) groups is 2. The van der Waals surface area contributed by atoms with Gasteiger partial charge in [0.05, 0.1) is 34.2 Å². The second kappa shape index (κ2) is 17.7. The number of fused-ring (bicyclic) bond motifs is 5. The number of aromatic amines is 2. The first-order valence-electron chi connectivity index (χ1n) is 25.9. The number of H-pyrrole nitrogens is 2. The Bertz CT molecular complexity index is 3030. The summed E-state index contributed by atoms with van der Waals surface area (Å²) in [6, 6.07) is 46.6. The van der Waals surface area contributed by atoms with E-state index in [9.17, 15) is 9.59 Å². The molecule has 356 valence electrons. The van der Waals surface area contributed by atoms with Gasteiger partial charge < -0.3 is 19.8 Å². The Morgan fingerprint density at radius 2 is 0.900 bits per heavy atom. The van der Waals surface area contributed by atoms with Crippen molar-refractivity contribution in [3.63, 3.8) is 0 Å². The van der Waals surface area contributed by atoms with Crippen LogP contribution in [0, 0.1) is 23.7 Å². The Morgan fingerprint density at radius 3 is 1.29 bits per heavy atom. The van der Waals surface area contributed by atoms with Gasteiger partial charge in [0.15, 0.2) is 0 Å². The molecule has 0 bridgehead atoms. The number of hydrogen-bond donors (Lipinski definition) is 2. The Kier molecular flexibility index (Phi) is 11.2. The number of nitrogens with zero attached hydrogens (tertiary/aromatic N) is 6. The predicted molar refractivity (Wildman–Crippen MR) is 280 cm³/mol. The van der Waals surface area contributed by atoms with E-state index < -0.39 is 0 Å². The van der Waals surface area contributed by atoms with Gasteiger partial charge in [0.25, 0.3) is 0 Å². The second-order valence-corrected chi connectivity index (χ2v) is 20.6. The van der Waals surface area contributed by atoms with Crippen molar-refractivity contribution in [2.75, 3.05) is 26.2 Å². The van der Waals surface area contributed by atoms with Crippen molar-refractivity contribution in [2.45, 2.75) is 90.6 Å². The summed E-state index contributed by atoms with van der Waals surface area (Å²) in [5.41, 5.74) is 10.4. The molecular formula is C60H64N8O2. The lowest BCUT2D eigenvalue weighted by molar-refractivity contribution is -0.140. The molecule has 70 heavy (non-hydrogen) atoms. The highest BCUT2D eigenvalue weighted by Crippen LogP contribution is 2.59. The van der Waals surface area contributed by atoms with Crippen molar-refractivity contribution in [3.8, 4) is 22.3 Å². The molecule has 2 saturated carbocycles. The van der Waals surface area contributed by atoms with Crippen LogP contribution in [0.2, 0.25) is 0 Å². The second-order valence-electron chi connectivity index (χ2n) is 20.6. The Balaban J connectivity index is 0.787. The maximum atomic E-state index is 14.8. The molecule has 4 aliphatic rings. The molecule has 10 heteroatoms. The maximum absolute atomic E-state index is 14.8. The van der Waals surface area contributed by atoms with Crippen LogP contribution in [0.3, 0.4) is 0 Å². The highest BCUT2D eigenvalue weighted by molar-refractivity contribution is 5.93. The lowest BCUT2D eigenvalue weighted by atomic mass is 9.97. The molecule has 6 aromatic carbocycles. The third kappa shape index (κ3) is 7.44. The minimum absolute atomic E-state index is 0.0825. The van der Waals surface area contributed by atoms with E-state index in [1.165, 1.54) is 10.8 Å². The van der Waals surface area contributed by atoms with E-state index in [4.69, 9.17) is 9.97 Å². The molecule has 10 nitrogen and oxygen atoms in total. The smallest absolute Gasteiger partial charge is 0.245 e. The van der Waals surface area contributed by atoms with Gasteiger partial charge in [-0.25, -0.2) is 9.97 Å². The number of nitrogens with one attached hydrogen (secondary N) is 2. The zero-order valence-corrected chi connectivity index (χ0v) is 41.2. The van der Waals surface area contributed by atoms with Crippen LogP contribution in [0.1, 0.15) is 101 Å². The van der Waals surface area contributed by atoms with Gasteiger partial charge >= 0.3 is 0 Å². The molecule has 2 aliphatic heterocycles. The lowest BCUT2D eigenvalue weighted by Crippen LogP contribution is -2.45. The minimum atomic E-state index is -0.322. The van der Waals surface area contributed by atoms with Crippen LogP contribution in [0.5, 0.6) is 0 Å². The van der Waals surface area contributed by atoms with E-state index in [1.807, 2.05) is 36.4 Å². The number of amides is 2. The number of rotatable bonds is 14. The van der Waals surface area contributed by atoms with E-state index in [0.29, 0.717) is 23.7 Å². The van der Waals surface area contributed by atoms with Crippen molar-refractivity contribution < 1.29 is 9.59 Å². The molecule has 2 N–H and O–H groups in total. The summed E-state index contributed by atoms with van der Waals surface area (Å²) in [5, 5.41) is 2.34. The van der Waals surface area contributed by atoms with Crippen molar-refractivity contribution in [1.29, 1.82) is 0 Å². The third-order valence-electron chi connectivity index (χ3n) is 17.0. The number of piperidine rings is 2. The zero-order chi connectivity index (χ0) is 47.9. The Hall–Kier alpha value is -6.62. The van der Waals surface area contributed by atoms with Crippen LogP contribution in [0.15, 0.2) is 133 Å². The van der Waals surface area contributed by atoms with E-state index in [-0.39, 0.29) is 48.1 Å². The van der Waals surface area contributed by atoms with Gasteiger partial charge in [-0.1, -0.05) is 139 Å². The first-order chi connectivity index (χ1) is 34.2. The van der Waals surface area contributed by atoms with Crippen molar-refractivity contribution >= 4 is 44.7 Å². The molecule has 2 aromatic heterocycles. The van der Waals surface area contributed by atoms with Crippen LogP contribution in [0.4, 0.5) is 0 Å². The number of benzene rings is 6. The fourth-order valence-electron chi connectivity index (χ4n) is 13.0. The summed E-state index contributed by atoms with van der Waals surface area (Å²) >= 11 is 0. The monoisotopic (exact) mass is 929 g/mol. The summed E-state index contributed by atoms with van der Waals surface area (Å²) in [5.74, 6) is 4.13. The molecular weight excluding hydrogens is 865 g/mol. The van der Waals surface area contributed by atoms with E-state index in [1.54, 1.807) is 0 Å². The van der Waals surface area contributed by atoms with E-state index in [2.05, 4.69) is 168 Å². The molecule has 0 radical (unpaired) electrons. The van der Waals surface area contributed by atoms with Gasteiger partial charge in [-0.15, -0.1) is 0 Å². The number of likely N-dealkylation sites (N-methyl/N-ethyl adjacent to an activating group) is 2. The number of likely N-dealkylation sites (tertiary alicyclic amines) is 2. The Morgan fingerprint density at radius 1 is 0.529 bits per heavy atom. The van der Waals surface area contributed by atoms with Gasteiger partial charge in [-0.2, -0.15) is 0 Å². The van der Waals surface area contributed by atoms with E-state index >= 15 is 0 Å². The van der Waals surface area contributed by atoms with Crippen molar-refractivity contribution in [1.82, 2.24) is 39.5 Å². The van der Waals surface area contributed by atoms with Crippen molar-refractivity contribution in [2.24, 2.45) is 23.7 Å². The molecule has 12 rings (SSSR count). The van der Waals surface area contributed by atoms with Crippen LogP contribution < -0.4 is 0 Å². The van der Waals surface area contributed by atoms with Crippen molar-refractivity contribution in [3.05, 3.63) is 156 Å². The summed E-state index contributed by atoms with van der Waals surface area (Å²) in [4.78, 5) is 56.2. The van der Waals surface area contributed by atoms with Crippen LogP contribution in [-0.2, 0) is 9.59 Å². The molecule has 0 spiro atoms. The number of aromatic nitrogens is 4. The molecule has 4 heterocycles. The highest BCUT2D eigenvalue weighted by atomic mass is 16.2.